The van der Waals surface area contributed by atoms with E-state index in [-0.39, 0.29) is 6.04 Å². The second-order valence-corrected chi connectivity index (χ2v) is 6.43. The Kier molecular flexibility index (Phi) is 4.59. The van der Waals surface area contributed by atoms with Crippen molar-refractivity contribution in [2.24, 2.45) is 5.41 Å². The topological polar surface area (TPSA) is 30.5 Å². The molecule has 1 aliphatic carbocycles. The van der Waals surface area contributed by atoms with E-state index in [0.717, 1.165) is 17.1 Å². The van der Waals surface area contributed by atoms with Gasteiger partial charge in [-0.25, -0.2) is 0 Å². The summed E-state index contributed by atoms with van der Waals surface area (Å²) in [4.78, 5) is 0. The van der Waals surface area contributed by atoms with Gasteiger partial charge in [0.2, 0.25) is 0 Å². The van der Waals surface area contributed by atoms with E-state index in [1.54, 1.807) is 14.2 Å². The molecule has 20 heavy (non-hydrogen) atoms. The Morgan fingerprint density at radius 3 is 2.55 bits per heavy atom. The highest BCUT2D eigenvalue weighted by Crippen LogP contribution is 2.39. The fraction of sp³-hybridized carbons (Fsp3) is 0.647. The molecule has 2 unspecified atom stereocenters. The van der Waals surface area contributed by atoms with E-state index in [4.69, 9.17) is 9.47 Å². The molecule has 0 aliphatic heterocycles. The molecular weight excluding hydrogens is 250 g/mol. The van der Waals surface area contributed by atoms with Crippen molar-refractivity contribution in [1.29, 1.82) is 0 Å². The van der Waals surface area contributed by atoms with Crippen LogP contribution in [0.1, 0.15) is 51.6 Å². The first-order valence-electron chi connectivity index (χ1n) is 7.46. The third-order valence-corrected chi connectivity index (χ3v) is 4.61. The van der Waals surface area contributed by atoms with Gasteiger partial charge in [-0.3, -0.25) is 0 Å². The van der Waals surface area contributed by atoms with Crippen molar-refractivity contribution in [2.75, 3.05) is 14.2 Å². The lowest BCUT2D eigenvalue weighted by Gasteiger charge is -2.31. The highest BCUT2D eigenvalue weighted by Gasteiger charge is 2.35. The minimum Gasteiger partial charge on any atom is -0.497 e. The predicted octanol–water partition coefficient (Wildman–Crippen LogP) is 3.93. The molecular formula is C17H27NO2. The Hall–Kier alpha value is -1.22. The van der Waals surface area contributed by atoms with Crippen molar-refractivity contribution in [3.05, 3.63) is 23.8 Å². The summed E-state index contributed by atoms with van der Waals surface area (Å²) < 4.78 is 10.8. The van der Waals surface area contributed by atoms with Gasteiger partial charge in [0.1, 0.15) is 11.5 Å². The zero-order valence-electron chi connectivity index (χ0n) is 13.3. The molecule has 112 valence electrons. The number of hydrogen-bond acceptors (Lipinski definition) is 3. The van der Waals surface area contributed by atoms with E-state index in [0.29, 0.717) is 11.5 Å². The Bertz CT molecular complexity index is 456. The lowest BCUT2D eigenvalue weighted by molar-refractivity contribution is 0.264. The van der Waals surface area contributed by atoms with Crippen LogP contribution in [0, 0.1) is 5.41 Å². The fourth-order valence-electron chi connectivity index (χ4n) is 3.21. The molecule has 1 aliphatic rings. The van der Waals surface area contributed by atoms with Crippen LogP contribution in [0.4, 0.5) is 0 Å². The highest BCUT2D eigenvalue weighted by molar-refractivity contribution is 5.42. The molecule has 0 spiro atoms. The number of rotatable bonds is 5. The smallest absolute Gasteiger partial charge is 0.123 e. The van der Waals surface area contributed by atoms with Gasteiger partial charge in [0.05, 0.1) is 14.2 Å². The summed E-state index contributed by atoms with van der Waals surface area (Å²) in [7, 11) is 3.42. The van der Waals surface area contributed by atoms with E-state index in [2.05, 4.69) is 32.2 Å². The normalized spacial score (nSPS) is 22.6. The average molecular weight is 277 g/mol. The van der Waals surface area contributed by atoms with Crippen LogP contribution in [0.2, 0.25) is 0 Å². The molecule has 1 saturated carbocycles. The van der Waals surface area contributed by atoms with E-state index in [1.807, 2.05) is 12.1 Å². The molecule has 1 aromatic carbocycles. The summed E-state index contributed by atoms with van der Waals surface area (Å²) in [5, 5.41) is 3.78. The molecule has 2 rings (SSSR count). The van der Waals surface area contributed by atoms with Crippen molar-refractivity contribution in [3.8, 4) is 11.5 Å². The minimum atomic E-state index is 0.252. The van der Waals surface area contributed by atoms with Gasteiger partial charge in [0.25, 0.3) is 0 Å². The predicted molar refractivity (Wildman–Crippen MR) is 82.5 cm³/mol. The van der Waals surface area contributed by atoms with Crippen LogP contribution in [0.25, 0.3) is 0 Å². The Labute approximate surface area is 122 Å². The van der Waals surface area contributed by atoms with Crippen LogP contribution < -0.4 is 14.8 Å². The van der Waals surface area contributed by atoms with E-state index < -0.39 is 0 Å². The maximum absolute atomic E-state index is 5.49. The van der Waals surface area contributed by atoms with Crippen molar-refractivity contribution < 1.29 is 9.47 Å². The van der Waals surface area contributed by atoms with Gasteiger partial charge in [-0.05, 0) is 43.4 Å². The van der Waals surface area contributed by atoms with Gasteiger partial charge >= 0.3 is 0 Å². The van der Waals surface area contributed by atoms with Crippen molar-refractivity contribution in [2.45, 2.75) is 52.1 Å². The third-order valence-electron chi connectivity index (χ3n) is 4.61. The number of ether oxygens (including phenoxy) is 2. The van der Waals surface area contributed by atoms with Gasteiger partial charge in [-0.1, -0.05) is 20.3 Å². The first-order valence-corrected chi connectivity index (χ1v) is 7.46. The van der Waals surface area contributed by atoms with E-state index in [1.165, 1.54) is 19.3 Å². The molecule has 1 N–H and O–H groups in total. The van der Waals surface area contributed by atoms with Crippen LogP contribution in [0.3, 0.4) is 0 Å². The Balaban J connectivity index is 2.17. The van der Waals surface area contributed by atoms with E-state index in [9.17, 15) is 0 Å². The lowest BCUT2D eigenvalue weighted by atomic mass is 9.86. The molecule has 0 saturated heterocycles. The number of hydrogen-bond donors (Lipinski definition) is 1. The first kappa shape index (κ1) is 15.2. The molecule has 2 atom stereocenters. The molecule has 1 aromatic rings. The molecule has 1 fully saturated rings. The van der Waals surface area contributed by atoms with Gasteiger partial charge in [-0.2, -0.15) is 0 Å². The van der Waals surface area contributed by atoms with Crippen LogP contribution in [-0.4, -0.2) is 20.3 Å². The maximum atomic E-state index is 5.49. The molecule has 0 heterocycles. The molecule has 3 heteroatoms. The van der Waals surface area contributed by atoms with Crippen molar-refractivity contribution in [3.63, 3.8) is 0 Å². The quantitative estimate of drug-likeness (QED) is 0.884. The lowest BCUT2D eigenvalue weighted by Crippen LogP contribution is -2.39. The second-order valence-electron chi connectivity index (χ2n) is 6.43. The fourth-order valence-corrected chi connectivity index (χ4v) is 3.21. The molecule has 0 aromatic heterocycles. The SMILES string of the molecule is COc1ccc(OC)c(C(C)NC2CCCC2(C)C)c1. The summed E-state index contributed by atoms with van der Waals surface area (Å²) in [6.45, 7) is 6.91. The summed E-state index contributed by atoms with van der Waals surface area (Å²) in [5.74, 6) is 1.79. The number of benzene rings is 1. The minimum absolute atomic E-state index is 0.252. The zero-order valence-corrected chi connectivity index (χ0v) is 13.3. The van der Waals surface area contributed by atoms with Crippen LogP contribution in [0.15, 0.2) is 18.2 Å². The second kappa shape index (κ2) is 6.04. The van der Waals surface area contributed by atoms with Gasteiger partial charge in [0, 0.05) is 17.6 Å². The molecule has 0 radical (unpaired) electrons. The van der Waals surface area contributed by atoms with Gasteiger partial charge in [-0.15, -0.1) is 0 Å². The largest absolute Gasteiger partial charge is 0.497 e. The summed E-state index contributed by atoms with van der Waals surface area (Å²) in [5.41, 5.74) is 1.54. The van der Waals surface area contributed by atoms with Crippen LogP contribution in [0.5, 0.6) is 11.5 Å². The first-order chi connectivity index (χ1) is 9.47. The Morgan fingerprint density at radius 2 is 2.00 bits per heavy atom. The van der Waals surface area contributed by atoms with Crippen LogP contribution >= 0.6 is 0 Å². The van der Waals surface area contributed by atoms with Crippen molar-refractivity contribution >= 4 is 0 Å². The summed E-state index contributed by atoms with van der Waals surface area (Å²) in [6, 6.07) is 6.80. The van der Waals surface area contributed by atoms with Gasteiger partial charge < -0.3 is 14.8 Å². The zero-order chi connectivity index (χ0) is 14.8. The number of nitrogens with one attached hydrogen (secondary N) is 1. The summed E-state index contributed by atoms with van der Waals surface area (Å²) >= 11 is 0. The molecule has 3 nitrogen and oxygen atoms in total. The molecule has 0 bridgehead atoms. The van der Waals surface area contributed by atoms with E-state index >= 15 is 0 Å². The van der Waals surface area contributed by atoms with Gasteiger partial charge in [0.15, 0.2) is 0 Å². The molecule has 0 amide bonds. The summed E-state index contributed by atoms with van der Waals surface area (Å²) in [6.07, 6.45) is 3.86. The maximum Gasteiger partial charge on any atom is 0.123 e. The highest BCUT2D eigenvalue weighted by atomic mass is 16.5. The monoisotopic (exact) mass is 277 g/mol. The average Bonchev–Trinajstić information content (AvgIpc) is 2.77. The van der Waals surface area contributed by atoms with Crippen LogP contribution in [-0.2, 0) is 0 Å². The number of methoxy groups -OCH3 is 2. The Morgan fingerprint density at radius 1 is 1.25 bits per heavy atom. The third kappa shape index (κ3) is 3.09. The standard InChI is InChI=1S/C17H27NO2/c1-12(18-16-7-6-10-17(16,2)3)14-11-13(19-4)8-9-15(14)20-5/h8-9,11-12,16,18H,6-7,10H2,1-5H3. The van der Waals surface area contributed by atoms with Crippen molar-refractivity contribution in [1.82, 2.24) is 5.32 Å².